The number of halogens is 1. The quantitative estimate of drug-likeness (QED) is 0.217. The van der Waals surface area contributed by atoms with Crippen molar-refractivity contribution in [3.05, 3.63) is 62.5 Å². The minimum Gasteiger partial charge on any atom is -0.483 e. The lowest BCUT2D eigenvalue weighted by Crippen LogP contribution is -2.17. The molecule has 0 aliphatic heterocycles. The van der Waals surface area contributed by atoms with Gasteiger partial charge in [-0.25, -0.2) is 14.2 Å². The molecule has 4 aromatic rings. The van der Waals surface area contributed by atoms with E-state index in [-0.39, 0.29) is 30.6 Å². The van der Waals surface area contributed by atoms with Gasteiger partial charge in [-0.05, 0) is 38.5 Å². The number of aryl methyl sites for hydroxylation is 1. The van der Waals surface area contributed by atoms with Crippen molar-refractivity contribution in [3.63, 3.8) is 0 Å². The summed E-state index contributed by atoms with van der Waals surface area (Å²) in [6.07, 6.45) is 0. The van der Waals surface area contributed by atoms with E-state index in [0.717, 1.165) is 11.3 Å². The highest BCUT2D eigenvalue weighted by Crippen LogP contribution is 2.29. The number of thiophene rings is 1. The number of aromatic nitrogens is 5. The molecule has 1 N–H and O–H groups in total. The average Bonchev–Trinajstić information content (AvgIpc) is 3.43. The van der Waals surface area contributed by atoms with E-state index in [1.165, 1.54) is 17.8 Å². The minimum absolute atomic E-state index is 0.00863. The molecular weight excluding hydrogens is 521 g/mol. The molecule has 0 aliphatic rings. The van der Waals surface area contributed by atoms with Crippen molar-refractivity contribution in [3.8, 4) is 5.75 Å². The third kappa shape index (κ3) is 5.84. The molecule has 0 spiro atoms. The van der Waals surface area contributed by atoms with Crippen molar-refractivity contribution in [2.75, 3.05) is 20.3 Å². The van der Waals surface area contributed by atoms with Crippen molar-refractivity contribution in [1.29, 1.82) is 0 Å². The third-order valence-corrected chi connectivity index (χ3v) is 7.55. The monoisotopic (exact) mass is 547 g/mol. The zero-order valence-corrected chi connectivity index (χ0v) is 22.4. The second kappa shape index (κ2) is 11.8. The maximum Gasteiger partial charge on any atom is 0.348 e. The Bertz CT molecular complexity index is 1470. The van der Waals surface area contributed by atoms with E-state index < -0.39 is 11.8 Å². The fourth-order valence-electron chi connectivity index (χ4n) is 3.75. The number of thioether (sulfide) groups is 1. The van der Waals surface area contributed by atoms with Crippen molar-refractivity contribution in [1.82, 2.24) is 24.7 Å². The van der Waals surface area contributed by atoms with Crippen LogP contribution in [0, 0.1) is 12.7 Å². The van der Waals surface area contributed by atoms with Crippen molar-refractivity contribution in [2.24, 2.45) is 0 Å². The number of methoxy groups -OCH3 is 1. The first-order chi connectivity index (χ1) is 17.8. The fraction of sp³-hybridized carbons (Fsp3) is 0.375. The normalized spacial score (nSPS) is 12.1. The fourth-order valence-corrected chi connectivity index (χ4v) is 5.77. The van der Waals surface area contributed by atoms with E-state index in [1.807, 2.05) is 11.5 Å². The number of aromatic amines is 1. The molecule has 0 saturated carbocycles. The second-order valence-electron chi connectivity index (χ2n) is 8.05. The summed E-state index contributed by atoms with van der Waals surface area (Å²) in [7, 11) is 1.60. The lowest BCUT2D eigenvalue weighted by Gasteiger charge is -2.17. The Morgan fingerprint density at radius 3 is 2.81 bits per heavy atom. The Morgan fingerprint density at radius 1 is 1.30 bits per heavy atom. The van der Waals surface area contributed by atoms with Crippen LogP contribution in [-0.4, -0.2) is 51.0 Å². The van der Waals surface area contributed by atoms with E-state index >= 15 is 0 Å². The SMILES string of the molecule is CCOC(=O)c1sc2nc(CSc3nnc(COc4ccccc4F)n3[C@H](C)COC)[nH]c(=O)c2c1C. The molecule has 4 rings (SSSR count). The number of fused-ring (bicyclic) bond motifs is 1. The van der Waals surface area contributed by atoms with E-state index in [9.17, 15) is 14.0 Å². The number of carbonyl (C=O) groups excluding carboxylic acids is 1. The molecule has 0 radical (unpaired) electrons. The van der Waals surface area contributed by atoms with Gasteiger partial charge in [0.25, 0.3) is 5.56 Å². The first-order valence-electron chi connectivity index (χ1n) is 11.5. The van der Waals surface area contributed by atoms with Crippen LogP contribution in [0.1, 0.15) is 46.8 Å². The first-order valence-corrected chi connectivity index (χ1v) is 13.3. The number of hydrogen-bond acceptors (Lipinski definition) is 10. The Morgan fingerprint density at radius 2 is 2.08 bits per heavy atom. The standard InChI is InChI=1S/C24H26FN5O5S2/c1-5-34-23(32)20-14(3)19-21(31)26-17(27-22(19)37-20)12-36-24-29-28-18(30(24)13(2)10-33-4)11-35-16-9-7-6-8-15(16)25/h6-9,13H,5,10-12H2,1-4H3,(H,26,27,31)/t13-/m1/s1. The van der Waals surface area contributed by atoms with Gasteiger partial charge in [0, 0.05) is 7.11 Å². The van der Waals surface area contributed by atoms with Crippen LogP contribution < -0.4 is 10.3 Å². The number of ether oxygens (including phenoxy) is 3. The summed E-state index contributed by atoms with van der Waals surface area (Å²) >= 11 is 2.46. The van der Waals surface area contributed by atoms with Gasteiger partial charge in [0.1, 0.15) is 22.1 Å². The van der Waals surface area contributed by atoms with Gasteiger partial charge < -0.3 is 19.2 Å². The van der Waals surface area contributed by atoms with Gasteiger partial charge in [-0.15, -0.1) is 21.5 Å². The molecule has 10 nitrogen and oxygen atoms in total. The molecule has 0 aliphatic carbocycles. The molecule has 3 aromatic heterocycles. The maximum atomic E-state index is 14.0. The first kappa shape index (κ1) is 26.8. The van der Waals surface area contributed by atoms with Crippen LogP contribution in [0.25, 0.3) is 10.2 Å². The Balaban J connectivity index is 1.57. The van der Waals surface area contributed by atoms with Crippen LogP contribution in [0.3, 0.4) is 0 Å². The van der Waals surface area contributed by atoms with E-state index in [2.05, 4.69) is 20.2 Å². The minimum atomic E-state index is -0.469. The van der Waals surface area contributed by atoms with Crippen LogP contribution in [0.15, 0.2) is 34.2 Å². The molecule has 3 heterocycles. The molecule has 37 heavy (non-hydrogen) atoms. The van der Waals surface area contributed by atoms with Gasteiger partial charge in [0.15, 0.2) is 22.5 Å². The van der Waals surface area contributed by atoms with E-state index in [4.69, 9.17) is 14.2 Å². The summed E-state index contributed by atoms with van der Waals surface area (Å²) in [5, 5.41) is 9.47. The molecule has 196 valence electrons. The summed E-state index contributed by atoms with van der Waals surface area (Å²) in [4.78, 5) is 33.2. The van der Waals surface area contributed by atoms with Crippen LogP contribution in [0.5, 0.6) is 5.75 Å². The summed E-state index contributed by atoms with van der Waals surface area (Å²) < 4.78 is 31.9. The van der Waals surface area contributed by atoms with Crippen LogP contribution >= 0.6 is 23.1 Å². The summed E-state index contributed by atoms with van der Waals surface area (Å²) in [6, 6.07) is 6.01. The predicted octanol–water partition coefficient (Wildman–Crippen LogP) is 4.28. The largest absolute Gasteiger partial charge is 0.483 e. The molecular formula is C24H26FN5O5S2. The summed E-state index contributed by atoms with van der Waals surface area (Å²) in [6.45, 7) is 6.03. The second-order valence-corrected chi connectivity index (χ2v) is 9.99. The van der Waals surface area contributed by atoms with Crippen LogP contribution in [0.4, 0.5) is 4.39 Å². The number of carbonyl (C=O) groups is 1. The van der Waals surface area contributed by atoms with Crippen LogP contribution in [0.2, 0.25) is 0 Å². The number of hydrogen-bond donors (Lipinski definition) is 1. The van der Waals surface area contributed by atoms with Gasteiger partial charge in [-0.1, -0.05) is 23.9 Å². The van der Waals surface area contributed by atoms with Crippen molar-refractivity contribution in [2.45, 2.75) is 44.3 Å². The lowest BCUT2D eigenvalue weighted by molar-refractivity contribution is 0.0531. The summed E-state index contributed by atoms with van der Waals surface area (Å²) in [5.41, 5.74) is 0.233. The topological polar surface area (TPSA) is 121 Å². The predicted molar refractivity (Wildman–Crippen MR) is 138 cm³/mol. The maximum absolute atomic E-state index is 14.0. The Kier molecular flexibility index (Phi) is 8.56. The highest BCUT2D eigenvalue weighted by Gasteiger charge is 2.22. The van der Waals surface area contributed by atoms with Gasteiger partial charge in [0.2, 0.25) is 0 Å². The molecule has 0 fully saturated rings. The average molecular weight is 548 g/mol. The molecule has 0 bridgehead atoms. The van der Waals surface area contributed by atoms with Crippen LogP contribution in [-0.2, 0) is 21.8 Å². The molecule has 0 amide bonds. The van der Waals surface area contributed by atoms with Gasteiger partial charge in [0.05, 0.1) is 30.4 Å². The molecule has 13 heteroatoms. The third-order valence-electron chi connectivity index (χ3n) is 5.43. The number of H-pyrrole nitrogens is 1. The lowest BCUT2D eigenvalue weighted by atomic mass is 10.2. The van der Waals surface area contributed by atoms with Crippen molar-refractivity contribution < 1.29 is 23.4 Å². The number of para-hydroxylation sites is 1. The molecule has 0 saturated heterocycles. The zero-order chi connectivity index (χ0) is 26.5. The van der Waals surface area contributed by atoms with E-state index in [1.54, 1.807) is 39.2 Å². The Labute approximate surface area is 220 Å². The highest BCUT2D eigenvalue weighted by molar-refractivity contribution is 7.98. The zero-order valence-electron chi connectivity index (χ0n) is 20.7. The smallest absolute Gasteiger partial charge is 0.348 e. The number of benzene rings is 1. The Hall–Kier alpha value is -3.29. The van der Waals surface area contributed by atoms with E-state index in [0.29, 0.717) is 49.8 Å². The molecule has 0 unspecified atom stereocenters. The van der Waals surface area contributed by atoms with Gasteiger partial charge in [-0.3, -0.25) is 9.36 Å². The van der Waals surface area contributed by atoms with Crippen molar-refractivity contribution >= 4 is 39.3 Å². The summed E-state index contributed by atoms with van der Waals surface area (Å²) in [5.74, 6) is 0.409. The number of nitrogens with one attached hydrogen (secondary N) is 1. The molecule has 1 atom stereocenters. The van der Waals surface area contributed by atoms with Gasteiger partial charge >= 0.3 is 5.97 Å². The molecule has 1 aromatic carbocycles. The number of esters is 1. The number of nitrogens with zero attached hydrogens (tertiary/aromatic N) is 4. The van der Waals surface area contributed by atoms with Gasteiger partial charge in [-0.2, -0.15) is 0 Å². The highest BCUT2D eigenvalue weighted by atomic mass is 32.2. The number of rotatable bonds is 11.